The van der Waals surface area contributed by atoms with Crippen LogP contribution in [0, 0.1) is 0 Å². The second-order valence-electron chi connectivity index (χ2n) is 8.75. The number of piperazine rings is 1. The first-order valence-corrected chi connectivity index (χ1v) is 13.1. The highest BCUT2D eigenvalue weighted by atomic mass is 32.2. The number of sulfonamides is 1. The van der Waals surface area contributed by atoms with E-state index in [1.165, 1.54) is 35.5 Å². The molecule has 1 amide bonds. The lowest BCUT2D eigenvalue weighted by Gasteiger charge is -2.34. The summed E-state index contributed by atoms with van der Waals surface area (Å²) in [4.78, 5) is 13.5. The van der Waals surface area contributed by atoms with E-state index < -0.39 is 21.8 Å². The maximum absolute atomic E-state index is 13.0. The SMILES string of the molecule is CC(=O)Nc1ccc(S(=O)(=O)N2CCN(CCCn3cc(-c4ccc(C(F)(F)F)cc4)nn3)CC2)cc1. The van der Waals surface area contributed by atoms with Crippen LogP contribution in [0.25, 0.3) is 11.3 Å². The standard InChI is InChI=1S/C24H27F3N6O3S/c1-18(34)28-21-7-9-22(10-8-21)37(35,36)33-15-13-31(14-16-33)11-2-12-32-17-23(29-30-32)19-3-5-20(6-4-19)24(25,26)27/h3-10,17H,2,11-16H2,1H3,(H,28,34). The first kappa shape index (κ1) is 26.8. The van der Waals surface area contributed by atoms with Crippen molar-refractivity contribution in [1.29, 1.82) is 0 Å². The lowest BCUT2D eigenvalue weighted by molar-refractivity contribution is -0.137. The van der Waals surface area contributed by atoms with Crippen molar-refractivity contribution in [2.75, 3.05) is 38.0 Å². The number of nitrogens with one attached hydrogen (secondary N) is 1. The van der Waals surface area contributed by atoms with Gasteiger partial charge < -0.3 is 10.2 Å². The van der Waals surface area contributed by atoms with Gasteiger partial charge in [-0.2, -0.15) is 17.5 Å². The van der Waals surface area contributed by atoms with E-state index in [0.29, 0.717) is 49.7 Å². The van der Waals surface area contributed by atoms with Crippen LogP contribution in [0.5, 0.6) is 0 Å². The van der Waals surface area contributed by atoms with Crippen LogP contribution >= 0.6 is 0 Å². The van der Waals surface area contributed by atoms with Gasteiger partial charge >= 0.3 is 6.18 Å². The number of carbonyl (C=O) groups excluding carboxylic acids is 1. The van der Waals surface area contributed by atoms with Crippen molar-refractivity contribution in [3.8, 4) is 11.3 Å². The van der Waals surface area contributed by atoms with Crippen LogP contribution in [-0.2, 0) is 27.5 Å². The average molecular weight is 537 g/mol. The van der Waals surface area contributed by atoms with Crippen LogP contribution in [0.1, 0.15) is 18.9 Å². The molecule has 9 nitrogen and oxygen atoms in total. The zero-order valence-corrected chi connectivity index (χ0v) is 21.0. The number of halogens is 3. The van der Waals surface area contributed by atoms with Gasteiger partial charge in [-0.15, -0.1) is 5.10 Å². The minimum atomic E-state index is -4.38. The molecule has 1 N–H and O–H groups in total. The molecular weight excluding hydrogens is 509 g/mol. The van der Waals surface area contributed by atoms with Crippen molar-refractivity contribution in [2.24, 2.45) is 0 Å². The van der Waals surface area contributed by atoms with E-state index in [4.69, 9.17) is 0 Å². The van der Waals surface area contributed by atoms with Gasteiger partial charge in [0.25, 0.3) is 0 Å². The number of rotatable bonds is 8. The number of hydrogen-bond donors (Lipinski definition) is 1. The van der Waals surface area contributed by atoms with Crippen LogP contribution in [0.3, 0.4) is 0 Å². The van der Waals surface area contributed by atoms with E-state index in [2.05, 4.69) is 20.5 Å². The molecule has 1 aliphatic rings. The highest BCUT2D eigenvalue weighted by Crippen LogP contribution is 2.30. The molecule has 1 fully saturated rings. The van der Waals surface area contributed by atoms with Gasteiger partial charge in [-0.25, -0.2) is 8.42 Å². The van der Waals surface area contributed by atoms with Crippen molar-refractivity contribution in [3.63, 3.8) is 0 Å². The Morgan fingerprint density at radius 1 is 0.973 bits per heavy atom. The molecular formula is C24H27F3N6O3S. The van der Waals surface area contributed by atoms with E-state index in [9.17, 15) is 26.4 Å². The molecule has 1 aromatic heterocycles. The van der Waals surface area contributed by atoms with Crippen LogP contribution in [0.15, 0.2) is 59.6 Å². The lowest BCUT2D eigenvalue weighted by Crippen LogP contribution is -2.48. The summed E-state index contributed by atoms with van der Waals surface area (Å²) in [6, 6.07) is 10.9. The van der Waals surface area contributed by atoms with Gasteiger partial charge in [-0.3, -0.25) is 9.48 Å². The number of carbonyl (C=O) groups is 1. The number of aryl methyl sites for hydroxylation is 1. The third-order valence-electron chi connectivity index (χ3n) is 6.05. The minimum Gasteiger partial charge on any atom is -0.326 e. The summed E-state index contributed by atoms with van der Waals surface area (Å²) in [5, 5.41) is 10.7. The summed E-state index contributed by atoms with van der Waals surface area (Å²) in [6.45, 7) is 4.64. The molecule has 37 heavy (non-hydrogen) atoms. The Morgan fingerprint density at radius 2 is 1.62 bits per heavy atom. The summed E-state index contributed by atoms with van der Waals surface area (Å²) in [5.74, 6) is -0.227. The van der Waals surface area contributed by atoms with Crippen LogP contribution in [-0.4, -0.2) is 71.2 Å². The van der Waals surface area contributed by atoms with E-state index in [-0.39, 0.29) is 10.8 Å². The molecule has 4 rings (SSSR count). The fourth-order valence-corrected chi connectivity index (χ4v) is 5.50. The second-order valence-corrected chi connectivity index (χ2v) is 10.7. The summed E-state index contributed by atoms with van der Waals surface area (Å²) in [7, 11) is -3.62. The van der Waals surface area contributed by atoms with Crippen LogP contribution in [0.4, 0.5) is 18.9 Å². The van der Waals surface area contributed by atoms with Gasteiger partial charge in [0.05, 0.1) is 16.7 Å². The fourth-order valence-electron chi connectivity index (χ4n) is 4.08. The second kappa shape index (κ2) is 11.0. The molecule has 198 valence electrons. The molecule has 2 aromatic carbocycles. The van der Waals surface area contributed by atoms with Gasteiger partial charge in [0, 0.05) is 57.4 Å². The van der Waals surface area contributed by atoms with Crippen molar-refractivity contribution in [1.82, 2.24) is 24.2 Å². The number of hydrogen-bond acceptors (Lipinski definition) is 6. The predicted molar refractivity (Wildman–Crippen MR) is 131 cm³/mol. The zero-order valence-electron chi connectivity index (χ0n) is 20.1. The molecule has 1 aliphatic heterocycles. The Kier molecular flexibility index (Phi) is 7.95. The topological polar surface area (TPSA) is 100 Å². The summed E-state index contributed by atoms with van der Waals surface area (Å²) in [6.07, 6.45) is -1.93. The predicted octanol–water partition coefficient (Wildman–Crippen LogP) is 3.32. The smallest absolute Gasteiger partial charge is 0.326 e. The molecule has 0 unspecified atom stereocenters. The molecule has 0 aliphatic carbocycles. The van der Waals surface area contributed by atoms with E-state index in [0.717, 1.165) is 25.1 Å². The monoisotopic (exact) mass is 536 g/mol. The Bertz CT molecular complexity index is 1320. The summed E-state index contributed by atoms with van der Waals surface area (Å²) < 4.78 is 67.3. The Labute approximate surface area is 212 Å². The van der Waals surface area contributed by atoms with E-state index in [1.54, 1.807) is 23.0 Å². The zero-order chi connectivity index (χ0) is 26.6. The molecule has 0 saturated carbocycles. The quantitative estimate of drug-likeness (QED) is 0.474. The fraction of sp³-hybridized carbons (Fsp3) is 0.375. The summed E-state index contributed by atoms with van der Waals surface area (Å²) in [5.41, 5.74) is 0.880. The largest absolute Gasteiger partial charge is 0.416 e. The first-order chi connectivity index (χ1) is 17.5. The van der Waals surface area contributed by atoms with Crippen molar-refractivity contribution in [2.45, 2.75) is 31.0 Å². The van der Waals surface area contributed by atoms with Crippen molar-refractivity contribution < 1.29 is 26.4 Å². The number of benzene rings is 2. The normalized spacial score (nSPS) is 15.6. The molecule has 0 atom stereocenters. The van der Waals surface area contributed by atoms with Crippen LogP contribution in [0.2, 0.25) is 0 Å². The average Bonchev–Trinajstić information content (AvgIpc) is 3.33. The van der Waals surface area contributed by atoms with Gasteiger partial charge in [0.2, 0.25) is 15.9 Å². The van der Waals surface area contributed by atoms with Gasteiger partial charge in [-0.05, 0) is 42.8 Å². The minimum absolute atomic E-state index is 0.185. The molecule has 13 heteroatoms. The molecule has 0 radical (unpaired) electrons. The number of amides is 1. The molecule has 0 bridgehead atoms. The Morgan fingerprint density at radius 3 is 2.22 bits per heavy atom. The molecule has 1 saturated heterocycles. The van der Waals surface area contributed by atoms with E-state index >= 15 is 0 Å². The van der Waals surface area contributed by atoms with Gasteiger partial charge in [-0.1, -0.05) is 17.3 Å². The Balaban J connectivity index is 1.24. The lowest BCUT2D eigenvalue weighted by atomic mass is 10.1. The maximum atomic E-state index is 13.0. The first-order valence-electron chi connectivity index (χ1n) is 11.7. The third-order valence-corrected chi connectivity index (χ3v) is 7.96. The number of nitrogens with zero attached hydrogens (tertiary/aromatic N) is 5. The van der Waals surface area contributed by atoms with Gasteiger partial charge in [0.15, 0.2) is 0 Å². The molecule has 0 spiro atoms. The summed E-state index contributed by atoms with van der Waals surface area (Å²) >= 11 is 0. The highest BCUT2D eigenvalue weighted by Gasteiger charge is 2.30. The van der Waals surface area contributed by atoms with Gasteiger partial charge in [0.1, 0.15) is 5.69 Å². The van der Waals surface area contributed by atoms with E-state index in [1.807, 2.05) is 0 Å². The van der Waals surface area contributed by atoms with Crippen molar-refractivity contribution >= 4 is 21.6 Å². The van der Waals surface area contributed by atoms with Crippen LogP contribution < -0.4 is 5.32 Å². The number of anilines is 1. The Hall–Kier alpha value is -3.29. The molecule has 2 heterocycles. The maximum Gasteiger partial charge on any atom is 0.416 e. The number of aromatic nitrogens is 3. The van der Waals surface area contributed by atoms with Crippen molar-refractivity contribution in [3.05, 3.63) is 60.3 Å². The third kappa shape index (κ3) is 6.73. The number of alkyl halides is 3. The highest BCUT2D eigenvalue weighted by molar-refractivity contribution is 7.89. The molecule has 3 aromatic rings.